The first-order valence-corrected chi connectivity index (χ1v) is 4.85. The molecule has 1 aromatic rings. The van der Waals surface area contributed by atoms with E-state index in [0.29, 0.717) is 6.54 Å². The molecule has 2 N–H and O–H groups in total. The maximum Gasteiger partial charge on any atom is 0.319 e. The number of hydrogen-bond donors (Lipinski definition) is 2. The number of nitrogens with one attached hydrogen (secondary N) is 2. The fourth-order valence-electron chi connectivity index (χ4n) is 1.06. The van der Waals surface area contributed by atoms with Gasteiger partial charge in [-0.15, -0.1) is 0 Å². The number of nitriles is 2. The second-order valence-corrected chi connectivity index (χ2v) is 3.09. The summed E-state index contributed by atoms with van der Waals surface area (Å²) in [4.78, 5) is 11.3. The van der Waals surface area contributed by atoms with Crippen LogP contribution in [-0.4, -0.2) is 6.03 Å². The number of carbonyl (C=O) groups excluding carboxylic acids is 1. The highest BCUT2D eigenvalue weighted by atomic mass is 16.2. The number of nitrogens with zero attached hydrogens (tertiary/aromatic N) is 2. The number of carbonyl (C=O) groups is 1. The quantitative estimate of drug-likeness (QED) is 0.764. The average Bonchev–Trinajstić information content (AvgIpc) is 2.39. The Labute approximate surface area is 99.0 Å². The van der Waals surface area contributed by atoms with Gasteiger partial charge in [0, 0.05) is 12.7 Å². The topological polar surface area (TPSA) is 88.7 Å². The second-order valence-electron chi connectivity index (χ2n) is 3.09. The van der Waals surface area contributed by atoms with Crippen molar-refractivity contribution in [2.45, 2.75) is 6.54 Å². The third kappa shape index (κ3) is 4.50. The van der Waals surface area contributed by atoms with E-state index >= 15 is 0 Å². The van der Waals surface area contributed by atoms with Crippen molar-refractivity contribution in [2.24, 2.45) is 0 Å². The van der Waals surface area contributed by atoms with E-state index in [0.717, 1.165) is 11.8 Å². The Hall–Kier alpha value is -2.79. The number of urea groups is 1. The van der Waals surface area contributed by atoms with Gasteiger partial charge in [-0.2, -0.15) is 10.5 Å². The first kappa shape index (κ1) is 12.3. The van der Waals surface area contributed by atoms with Crippen molar-refractivity contribution in [1.82, 2.24) is 10.6 Å². The van der Waals surface area contributed by atoms with E-state index in [2.05, 4.69) is 10.6 Å². The fourth-order valence-corrected chi connectivity index (χ4v) is 1.06. The minimum absolute atomic E-state index is 0.153. The van der Waals surface area contributed by atoms with Gasteiger partial charge in [-0.1, -0.05) is 30.3 Å². The molecule has 0 saturated carbocycles. The first-order chi connectivity index (χ1) is 8.26. The van der Waals surface area contributed by atoms with E-state index in [1.54, 1.807) is 12.1 Å². The van der Waals surface area contributed by atoms with Gasteiger partial charge in [-0.25, -0.2) is 4.79 Å². The summed E-state index contributed by atoms with van der Waals surface area (Å²) in [6, 6.07) is 12.2. The molecule has 0 saturated heterocycles. The van der Waals surface area contributed by atoms with Crippen molar-refractivity contribution >= 4 is 6.03 Å². The van der Waals surface area contributed by atoms with Gasteiger partial charge in [-0.3, -0.25) is 0 Å². The Kier molecular flexibility index (Phi) is 4.80. The van der Waals surface area contributed by atoms with Crippen molar-refractivity contribution < 1.29 is 4.79 Å². The van der Waals surface area contributed by atoms with Gasteiger partial charge in [0.1, 0.15) is 17.7 Å². The number of rotatable bonds is 3. The molecule has 0 aliphatic rings. The van der Waals surface area contributed by atoms with Crippen LogP contribution in [0.15, 0.2) is 42.1 Å². The Morgan fingerprint density at radius 3 is 2.47 bits per heavy atom. The molecule has 0 fully saturated rings. The average molecular weight is 226 g/mol. The van der Waals surface area contributed by atoms with E-state index in [1.807, 2.05) is 30.3 Å². The second kappa shape index (κ2) is 6.65. The number of hydrogen-bond acceptors (Lipinski definition) is 3. The molecule has 0 spiro atoms. The van der Waals surface area contributed by atoms with Gasteiger partial charge in [0.15, 0.2) is 0 Å². The van der Waals surface area contributed by atoms with Gasteiger partial charge >= 0.3 is 6.03 Å². The summed E-state index contributed by atoms with van der Waals surface area (Å²) < 4.78 is 0. The zero-order valence-corrected chi connectivity index (χ0v) is 8.97. The zero-order chi connectivity index (χ0) is 12.5. The molecular formula is C12H10N4O. The largest absolute Gasteiger partial charge is 0.334 e. The molecule has 0 aliphatic carbocycles. The summed E-state index contributed by atoms with van der Waals surface area (Å²) in [5, 5.41) is 21.8. The summed E-state index contributed by atoms with van der Waals surface area (Å²) in [6.45, 7) is 0.384. The van der Waals surface area contributed by atoms with Gasteiger partial charge in [0.25, 0.3) is 0 Å². The van der Waals surface area contributed by atoms with Crippen LogP contribution in [0.25, 0.3) is 0 Å². The normalized spacial score (nSPS) is 8.35. The molecule has 0 unspecified atom stereocenters. The lowest BCUT2D eigenvalue weighted by Crippen LogP contribution is -2.31. The van der Waals surface area contributed by atoms with Crippen molar-refractivity contribution in [3.8, 4) is 12.1 Å². The lowest BCUT2D eigenvalue weighted by atomic mass is 10.2. The highest BCUT2D eigenvalue weighted by Gasteiger charge is 1.98. The monoisotopic (exact) mass is 226 g/mol. The first-order valence-electron chi connectivity index (χ1n) is 4.85. The predicted molar refractivity (Wildman–Crippen MR) is 61.1 cm³/mol. The van der Waals surface area contributed by atoms with Crippen molar-refractivity contribution in [3.63, 3.8) is 0 Å². The van der Waals surface area contributed by atoms with Gasteiger partial charge in [-0.05, 0) is 5.56 Å². The summed E-state index contributed by atoms with van der Waals surface area (Å²) in [6.07, 6.45) is 1.07. The predicted octanol–water partition coefficient (Wildman–Crippen LogP) is 1.42. The van der Waals surface area contributed by atoms with Crippen molar-refractivity contribution in [1.29, 1.82) is 10.5 Å². The molecule has 1 rings (SSSR count). The van der Waals surface area contributed by atoms with Gasteiger partial charge in [0.05, 0.1) is 0 Å². The third-order valence-corrected chi connectivity index (χ3v) is 1.88. The smallest absolute Gasteiger partial charge is 0.319 e. The fraction of sp³-hybridized carbons (Fsp3) is 0.0833. The molecule has 0 atom stereocenters. The molecule has 0 heterocycles. The van der Waals surface area contributed by atoms with E-state index in [9.17, 15) is 4.79 Å². The van der Waals surface area contributed by atoms with E-state index in [-0.39, 0.29) is 5.57 Å². The lowest BCUT2D eigenvalue weighted by Gasteiger charge is -2.04. The summed E-state index contributed by atoms with van der Waals surface area (Å²) in [7, 11) is 0. The number of amides is 2. The highest BCUT2D eigenvalue weighted by Crippen LogP contribution is 1.96. The number of allylic oxidation sites excluding steroid dienone is 1. The van der Waals surface area contributed by atoms with Crippen LogP contribution in [0.2, 0.25) is 0 Å². The Bertz CT molecular complexity index is 477. The van der Waals surface area contributed by atoms with Crippen LogP contribution in [0.1, 0.15) is 5.56 Å². The molecule has 5 heteroatoms. The molecule has 1 aromatic carbocycles. The molecule has 0 bridgehead atoms. The van der Waals surface area contributed by atoms with Crippen LogP contribution in [0, 0.1) is 22.7 Å². The van der Waals surface area contributed by atoms with E-state index < -0.39 is 6.03 Å². The Balaban J connectivity index is 2.40. The Morgan fingerprint density at radius 2 is 1.88 bits per heavy atom. The van der Waals surface area contributed by atoms with E-state index in [1.165, 1.54) is 0 Å². The van der Waals surface area contributed by atoms with Gasteiger partial charge in [0.2, 0.25) is 0 Å². The van der Waals surface area contributed by atoms with Gasteiger partial charge < -0.3 is 10.6 Å². The van der Waals surface area contributed by atoms with Crippen molar-refractivity contribution in [3.05, 3.63) is 47.7 Å². The lowest BCUT2D eigenvalue weighted by molar-refractivity contribution is 0.243. The van der Waals surface area contributed by atoms with Crippen LogP contribution in [0.4, 0.5) is 4.79 Å². The molecule has 5 nitrogen and oxygen atoms in total. The summed E-state index contributed by atoms with van der Waals surface area (Å²) >= 11 is 0. The third-order valence-electron chi connectivity index (χ3n) is 1.88. The summed E-state index contributed by atoms with van der Waals surface area (Å²) in [5.74, 6) is 0. The molecule has 17 heavy (non-hydrogen) atoms. The van der Waals surface area contributed by atoms with Crippen LogP contribution >= 0.6 is 0 Å². The molecule has 0 aromatic heterocycles. The standard InChI is InChI=1S/C12H10N4O/c13-6-11(7-14)9-16-12(17)15-8-10-4-2-1-3-5-10/h1-5,9H,8H2,(H2,15,16,17). The van der Waals surface area contributed by atoms with Crippen LogP contribution in [-0.2, 0) is 6.54 Å². The maximum atomic E-state index is 11.3. The van der Waals surface area contributed by atoms with E-state index in [4.69, 9.17) is 10.5 Å². The number of benzene rings is 1. The molecule has 2 amide bonds. The zero-order valence-electron chi connectivity index (χ0n) is 8.97. The summed E-state index contributed by atoms with van der Waals surface area (Å²) in [5.41, 5.74) is 0.812. The highest BCUT2D eigenvalue weighted by molar-refractivity contribution is 5.75. The minimum atomic E-state index is -0.461. The Morgan fingerprint density at radius 1 is 1.24 bits per heavy atom. The maximum absolute atomic E-state index is 11.3. The minimum Gasteiger partial charge on any atom is -0.334 e. The van der Waals surface area contributed by atoms with Crippen LogP contribution in [0.5, 0.6) is 0 Å². The molecule has 84 valence electrons. The molecule has 0 radical (unpaired) electrons. The SMILES string of the molecule is N#CC(C#N)=CNC(=O)NCc1ccccc1. The van der Waals surface area contributed by atoms with Crippen LogP contribution in [0.3, 0.4) is 0 Å². The molecule has 0 aliphatic heterocycles. The van der Waals surface area contributed by atoms with Crippen LogP contribution < -0.4 is 10.6 Å². The van der Waals surface area contributed by atoms with Crippen molar-refractivity contribution in [2.75, 3.05) is 0 Å². The molecular weight excluding hydrogens is 216 g/mol.